The molecule has 0 spiro atoms. The number of benzene rings is 1. The molecule has 1 aromatic carbocycles. The fraction of sp³-hybridized carbons (Fsp3) is 0.538. The summed E-state index contributed by atoms with van der Waals surface area (Å²) < 4.78 is 49.8. The van der Waals surface area contributed by atoms with Gasteiger partial charge < -0.3 is 0 Å². The summed E-state index contributed by atoms with van der Waals surface area (Å²) in [6.07, 6.45) is 1.72. The van der Waals surface area contributed by atoms with E-state index in [1.807, 2.05) is 30.3 Å². The maximum absolute atomic E-state index is 11.7. The second-order valence-corrected chi connectivity index (χ2v) is 8.77. The van der Waals surface area contributed by atoms with Crippen molar-refractivity contribution < 1.29 is 16.8 Å². The molecule has 1 N–H and O–H groups in total. The normalized spacial score (nSPS) is 12.7. The average molecular weight is 334 g/mol. The second-order valence-electron chi connectivity index (χ2n) is 4.70. The van der Waals surface area contributed by atoms with Crippen molar-refractivity contribution in [1.29, 1.82) is 0 Å². The minimum atomic E-state index is -3.36. The summed E-state index contributed by atoms with van der Waals surface area (Å²) in [5.74, 6) is -0.0180. The van der Waals surface area contributed by atoms with Gasteiger partial charge >= 0.3 is 0 Å². The lowest BCUT2D eigenvalue weighted by Gasteiger charge is -2.20. The van der Waals surface area contributed by atoms with E-state index in [1.165, 1.54) is 11.2 Å². The van der Waals surface area contributed by atoms with Crippen molar-refractivity contribution in [3.05, 3.63) is 35.9 Å². The summed E-state index contributed by atoms with van der Waals surface area (Å²) in [4.78, 5) is 0. The van der Waals surface area contributed by atoms with Crippen molar-refractivity contribution >= 4 is 20.0 Å². The first-order valence-electron chi connectivity index (χ1n) is 6.71. The van der Waals surface area contributed by atoms with Crippen molar-refractivity contribution in [2.45, 2.75) is 13.3 Å². The Hall–Kier alpha value is -0.960. The van der Waals surface area contributed by atoms with Gasteiger partial charge in [-0.1, -0.05) is 30.3 Å². The van der Waals surface area contributed by atoms with E-state index < -0.39 is 20.0 Å². The highest BCUT2D eigenvalue weighted by atomic mass is 32.2. The third-order valence-electron chi connectivity index (χ3n) is 3.02. The number of rotatable bonds is 9. The Morgan fingerprint density at radius 3 is 2.19 bits per heavy atom. The molecule has 0 atom stereocenters. The number of hydrogen-bond donors (Lipinski definition) is 1. The zero-order chi connectivity index (χ0) is 15.9. The Morgan fingerprint density at radius 2 is 1.67 bits per heavy atom. The first kappa shape index (κ1) is 18.1. The quantitative estimate of drug-likeness (QED) is 0.710. The summed E-state index contributed by atoms with van der Waals surface area (Å²) >= 11 is 0. The van der Waals surface area contributed by atoms with Gasteiger partial charge in [-0.05, 0) is 18.9 Å². The highest BCUT2D eigenvalue weighted by Crippen LogP contribution is 2.04. The van der Waals surface area contributed by atoms with Gasteiger partial charge in [-0.2, -0.15) is 0 Å². The van der Waals surface area contributed by atoms with Gasteiger partial charge in [0.15, 0.2) is 0 Å². The fourth-order valence-electron chi connectivity index (χ4n) is 1.77. The topological polar surface area (TPSA) is 83.6 Å². The third-order valence-corrected chi connectivity index (χ3v) is 5.73. The molecule has 1 rings (SSSR count). The van der Waals surface area contributed by atoms with E-state index in [2.05, 4.69) is 4.72 Å². The molecule has 0 aromatic heterocycles. The zero-order valence-corrected chi connectivity index (χ0v) is 14.0. The highest BCUT2D eigenvalue weighted by Gasteiger charge is 2.17. The lowest BCUT2D eigenvalue weighted by molar-refractivity contribution is 0.420. The van der Waals surface area contributed by atoms with Crippen molar-refractivity contribution in [1.82, 2.24) is 9.03 Å². The van der Waals surface area contributed by atoms with Crippen molar-refractivity contribution in [3.63, 3.8) is 0 Å². The van der Waals surface area contributed by atoms with E-state index >= 15 is 0 Å². The molecule has 0 aliphatic heterocycles. The first-order chi connectivity index (χ1) is 9.74. The Balaban J connectivity index is 2.57. The Labute approximate surface area is 127 Å². The molecule has 120 valence electrons. The van der Waals surface area contributed by atoms with E-state index in [-0.39, 0.29) is 18.8 Å². The van der Waals surface area contributed by atoms with Crippen LogP contribution in [0.25, 0.3) is 0 Å². The molecule has 21 heavy (non-hydrogen) atoms. The monoisotopic (exact) mass is 334 g/mol. The molecular formula is C13H22N2O4S2. The van der Waals surface area contributed by atoms with Crippen LogP contribution in [0, 0.1) is 0 Å². The standard InChI is InChI=1S/C13H22N2O4S2/c1-3-21(18,19)14-10-12-15(20(2,16)17)11-9-13-7-5-4-6-8-13/h4-8,14H,3,9-12H2,1-2H3. The van der Waals surface area contributed by atoms with Crippen LogP contribution in [-0.4, -0.2) is 52.8 Å². The molecule has 0 bridgehead atoms. The number of nitrogens with one attached hydrogen (secondary N) is 1. The highest BCUT2D eigenvalue weighted by molar-refractivity contribution is 7.89. The maximum Gasteiger partial charge on any atom is 0.211 e. The molecule has 0 saturated carbocycles. The van der Waals surface area contributed by atoms with Crippen molar-refractivity contribution in [2.24, 2.45) is 0 Å². The molecule has 0 aliphatic rings. The molecule has 1 aromatic rings. The summed E-state index contributed by atoms with van der Waals surface area (Å²) in [5, 5.41) is 0. The largest absolute Gasteiger partial charge is 0.214 e. The Morgan fingerprint density at radius 1 is 1.05 bits per heavy atom. The van der Waals surface area contributed by atoms with Gasteiger partial charge in [0.05, 0.1) is 12.0 Å². The second kappa shape index (κ2) is 7.88. The van der Waals surface area contributed by atoms with Gasteiger partial charge in [-0.25, -0.2) is 25.9 Å². The van der Waals surface area contributed by atoms with Gasteiger partial charge in [0.25, 0.3) is 0 Å². The van der Waals surface area contributed by atoms with Crippen LogP contribution in [0.4, 0.5) is 0 Å². The van der Waals surface area contributed by atoms with Crippen molar-refractivity contribution in [2.75, 3.05) is 31.6 Å². The van der Waals surface area contributed by atoms with Crippen LogP contribution in [0.3, 0.4) is 0 Å². The lowest BCUT2D eigenvalue weighted by Crippen LogP contribution is -2.39. The molecule has 0 radical (unpaired) electrons. The van der Waals surface area contributed by atoms with Crippen LogP contribution in [0.15, 0.2) is 30.3 Å². The fourth-order valence-corrected chi connectivity index (χ4v) is 3.22. The van der Waals surface area contributed by atoms with E-state index in [0.29, 0.717) is 13.0 Å². The van der Waals surface area contributed by atoms with Gasteiger partial charge in [0.2, 0.25) is 20.0 Å². The summed E-state index contributed by atoms with van der Waals surface area (Å²) in [7, 11) is -6.66. The lowest BCUT2D eigenvalue weighted by atomic mass is 10.1. The smallest absolute Gasteiger partial charge is 0.211 e. The van der Waals surface area contributed by atoms with Gasteiger partial charge in [-0.3, -0.25) is 0 Å². The van der Waals surface area contributed by atoms with Crippen molar-refractivity contribution in [3.8, 4) is 0 Å². The van der Waals surface area contributed by atoms with Gasteiger partial charge in [-0.15, -0.1) is 0 Å². The molecule has 6 nitrogen and oxygen atoms in total. The van der Waals surface area contributed by atoms with Gasteiger partial charge in [0.1, 0.15) is 0 Å². The predicted octanol–water partition coefficient (Wildman–Crippen LogP) is 0.430. The SMILES string of the molecule is CCS(=O)(=O)NCCN(CCc1ccccc1)S(C)(=O)=O. The summed E-state index contributed by atoms with van der Waals surface area (Å²) in [6, 6.07) is 9.56. The number of hydrogen-bond acceptors (Lipinski definition) is 4. The van der Waals surface area contributed by atoms with Crippen LogP contribution in [-0.2, 0) is 26.5 Å². The number of nitrogens with zero attached hydrogens (tertiary/aromatic N) is 1. The molecule has 8 heteroatoms. The maximum atomic E-state index is 11.7. The molecule has 0 saturated heterocycles. The minimum absolute atomic E-state index is 0.0180. The first-order valence-corrected chi connectivity index (χ1v) is 10.2. The van der Waals surface area contributed by atoms with Crippen LogP contribution in [0.1, 0.15) is 12.5 Å². The zero-order valence-electron chi connectivity index (χ0n) is 12.3. The van der Waals surface area contributed by atoms with Crippen LogP contribution in [0.2, 0.25) is 0 Å². The number of sulfonamides is 2. The summed E-state index contributed by atoms with van der Waals surface area (Å²) in [6.45, 7) is 2.08. The van der Waals surface area contributed by atoms with Crippen LogP contribution >= 0.6 is 0 Å². The van der Waals surface area contributed by atoms with E-state index in [9.17, 15) is 16.8 Å². The molecular weight excluding hydrogens is 312 g/mol. The summed E-state index contributed by atoms with van der Waals surface area (Å²) in [5.41, 5.74) is 1.04. The molecule has 0 aliphatic carbocycles. The van der Waals surface area contributed by atoms with Crippen LogP contribution < -0.4 is 4.72 Å². The van der Waals surface area contributed by atoms with Crippen LogP contribution in [0.5, 0.6) is 0 Å². The molecule has 0 amide bonds. The average Bonchev–Trinajstić information content (AvgIpc) is 2.42. The predicted molar refractivity (Wildman–Crippen MR) is 84.0 cm³/mol. The Bertz CT molecular complexity index is 627. The molecule has 0 heterocycles. The molecule has 0 fully saturated rings. The van der Waals surface area contributed by atoms with Gasteiger partial charge in [0, 0.05) is 19.6 Å². The van der Waals surface area contributed by atoms with E-state index in [0.717, 1.165) is 11.8 Å². The van der Waals surface area contributed by atoms with E-state index in [4.69, 9.17) is 0 Å². The third kappa shape index (κ3) is 7.03. The van der Waals surface area contributed by atoms with E-state index in [1.54, 1.807) is 0 Å². The Kier molecular flexibility index (Phi) is 6.79. The minimum Gasteiger partial charge on any atom is -0.214 e. The molecule has 0 unspecified atom stereocenters.